The standard InChI is InChI=1S/C16H21NO3/c1-11-9-14(11)15(18)17(12(2)16(19)20-3)10-13-7-5-4-6-8-13/h4-8,11-12,14H,9-10H2,1-3H3/t11-,12+,14-/m1/s1. The van der Waals surface area contributed by atoms with Crippen molar-refractivity contribution in [1.82, 2.24) is 4.90 Å². The van der Waals surface area contributed by atoms with Crippen LogP contribution in [0.4, 0.5) is 0 Å². The smallest absolute Gasteiger partial charge is 0.328 e. The highest BCUT2D eigenvalue weighted by Gasteiger charge is 2.43. The third kappa shape index (κ3) is 3.18. The molecule has 4 nitrogen and oxygen atoms in total. The minimum Gasteiger partial charge on any atom is -0.467 e. The van der Waals surface area contributed by atoms with Crippen LogP contribution >= 0.6 is 0 Å². The number of carbonyl (C=O) groups is 2. The fourth-order valence-electron chi connectivity index (χ4n) is 2.36. The first-order valence-electron chi connectivity index (χ1n) is 6.96. The second-order valence-electron chi connectivity index (χ2n) is 5.47. The fraction of sp³-hybridized carbons (Fsp3) is 0.500. The normalized spacial score (nSPS) is 21.9. The lowest BCUT2D eigenvalue weighted by Crippen LogP contribution is -2.44. The second-order valence-corrected chi connectivity index (χ2v) is 5.47. The molecule has 1 amide bonds. The van der Waals surface area contributed by atoms with E-state index in [-0.39, 0.29) is 17.8 Å². The van der Waals surface area contributed by atoms with Crippen molar-refractivity contribution in [2.75, 3.05) is 7.11 Å². The highest BCUT2D eigenvalue weighted by atomic mass is 16.5. The number of methoxy groups -OCH3 is 1. The zero-order chi connectivity index (χ0) is 14.7. The summed E-state index contributed by atoms with van der Waals surface area (Å²) in [6, 6.07) is 9.16. The predicted octanol–water partition coefficient (Wildman–Crippen LogP) is 2.23. The molecule has 0 spiro atoms. The van der Waals surface area contributed by atoms with Crippen molar-refractivity contribution in [2.45, 2.75) is 32.9 Å². The molecule has 4 heteroatoms. The summed E-state index contributed by atoms with van der Waals surface area (Å²) in [6.45, 7) is 4.23. The number of carbonyl (C=O) groups excluding carboxylic acids is 2. The van der Waals surface area contributed by atoms with E-state index in [1.807, 2.05) is 30.3 Å². The summed E-state index contributed by atoms with van der Waals surface area (Å²) in [5.41, 5.74) is 1.02. The lowest BCUT2D eigenvalue weighted by atomic mass is 10.1. The number of amides is 1. The van der Waals surface area contributed by atoms with Crippen LogP contribution in [0.15, 0.2) is 30.3 Å². The van der Waals surface area contributed by atoms with Crippen LogP contribution in [-0.4, -0.2) is 29.9 Å². The highest BCUT2D eigenvalue weighted by molar-refractivity contribution is 5.87. The van der Waals surface area contributed by atoms with Gasteiger partial charge in [-0.15, -0.1) is 0 Å². The molecule has 0 radical (unpaired) electrons. The van der Waals surface area contributed by atoms with Gasteiger partial charge >= 0.3 is 5.97 Å². The lowest BCUT2D eigenvalue weighted by molar-refractivity contribution is -0.153. The number of nitrogens with zero attached hydrogens (tertiary/aromatic N) is 1. The molecule has 3 atom stereocenters. The van der Waals surface area contributed by atoms with Gasteiger partial charge in [0.05, 0.1) is 7.11 Å². The molecule has 0 saturated heterocycles. The summed E-state index contributed by atoms with van der Waals surface area (Å²) in [5, 5.41) is 0. The molecule has 0 aliphatic heterocycles. The molecule has 1 aromatic carbocycles. The average molecular weight is 275 g/mol. The van der Waals surface area contributed by atoms with Gasteiger partial charge in [0.15, 0.2) is 0 Å². The van der Waals surface area contributed by atoms with Crippen LogP contribution in [0.25, 0.3) is 0 Å². The van der Waals surface area contributed by atoms with Gasteiger partial charge in [0.25, 0.3) is 0 Å². The molecule has 1 aliphatic carbocycles. The molecule has 20 heavy (non-hydrogen) atoms. The Hall–Kier alpha value is -1.84. The van der Waals surface area contributed by atoms with Crippen molar-refractivity contribution >= 4 is 11.9 Å². The van der Waals surface area contributed by atoms with Crippen molar-refractivity contribution < 1.29 is 14.3 Å². The maximum Gasteiger partial charge on any atom is 0.328 e. The van der Waals surface area contributed by atoms with E-state index < -0.39 is 6.04 Å². The Kier molecular flexibility index (Phi) is 4.42. The Morgan fingerprint density at radius 1 is 1.35 bits per heavy atom. The number of ether oxygens (including phenoxy) is 1. The maximum absolute atomic E-state index is 12.5. The van der Waals surface area contributed by atoms with Gasteiger partial charge in [0.2, 0.25) is 5.91 Å². The lowest BCUT2D eigenvalue weighted by Gasteiger charge is -2.28. The topological polar surface area (TPSA) is 46.6 Å². The highest BCUT2D eigenvalue weighted by Crippen LogP contribution is 2.39. The molecule has 1 saturated carbocycles. The van der Waals surface area contributed by atoms with Crippen LogP contribution in [0.2, 0.25) is 0 Å². The third-order valence-electron chi connectivity index (χ3n) is 3.92. The largest absolute Gasteiger partial charge is 0.467 e. The Bertz CT molecular complexity index is 486. The molecule has 0 aromatic heterocycles. The van der Waals surface area contributed by atoms with Crippen LogP contribution in [0.3, 0.4) is 0 Å². The van der Waals surface area contributed by atoms with E-state index in [1.165, 1.54) is 7.11 Å². The van der Waals surface area contributed by atoms with E-state index in [4.69, 9.17) is 4.74 Å². The fourth-order valence-corrected chi connectivity index (χ4v) is 2.36. The zero-order valence-electron chi connectivity index (χ0n) is 12.2. The predicted molar refractivity (Wildman–Crippen MR) is 75.7 cm³/mol. The van der Waals surface area contributed by atoms with Gasteiger partial charge < -0.3 is 9.64 Å². The Balaban J connectivity index is 2.15. The Labute approximate surface area is 119 Å². The van der Waals surface area contributed by atoms with E-state index in [1.54, 1.807) is 11.8 Å². The third-order valence-corrected chi connectivity index (χ3v) is 3.92. The van der Waals surface area contributed by atoms with Crippen LogP contribution < -0.4 is 0 Å². The minimum atomic E-state index is -0.555. The van der Waals surface area contributed by atoms with E-state index in [2.05, 4.69) is 6.92 Å². The van der Waals surface area contributed by atoms with Crippen LogP contribution in [0, 0.1) is 11.8 Å². The summed E-state index contributed by atoms with van der Waals surface area (Å²) in [7, 11) is 1.35. The van der Waals surface area contributed by atoms with Gasteiger partial charge in [-0.05, 0) is 24.8 Å². The molecule has 0 N–H and O–H groups in total. The van der Waals surface area contributed by atoms with Gasteiger partial charge in [-0.1, -0.05) is 37.3 Å². The Morgan fingerprint density at radius 2 is 1.95 bits per heavy atom. The van der Waals surface area contributed by atoms with E-state index in [0.717, 1.165) is 12.0 Å². The summed E-state index contributed by atoms with van der Waals surface area (Å²) in [6.07, 6.45) is 0.915. The average Bonchev–Trinajstić information content (AvgIpc) is 3.20. The molecule has 0 bridgehead atoms. The molecular weight excluding hydrogens is 254 g/mol. The number of hydrogen-bond donors (Lipinski definition) is 0. The van der Waals surface area contributed by atoms with Gasteiger partial charge in [-0.3, -0.25) is 4.79 Å². The summed E-state index contributed by atoms with van der Waals surface area (Å²) >= 11 is 0. The number of hydrogen-bond acceptors (Lipinski definition) is 3. The molecule has 1 aliphatic rings. The molecule has 2 rings (SSSR count). The van der Waals surface area contributed by atoms with Gasteiger partial charge in [0, 0.05) is 12.5 Å². The second kappa shape index (κ2) is 6.07. The van der Waals surface area contributed by atoms with Gasteiger partial charge in [0.1, 0.15) is 6.04 Å². The van der Waals surface area contributed by atoms with E-state index >= 15 is 0 Å². The van der Waals surface area contributed by atoms with Crippen molar-refractivity contribution in [3.8, 4) is 0 Å². The maximum atomic E-state index is 12.5. The van der Waals surface area contributed by atoms with E-state index in [0.29, 0.717) is 12.5 Å². The number of benzene rings is 1. The van der Waals surface area contributed by atoms with Crippen LogP contribution in [-0.2, 0) is 20.9 Å². The number of esters is 1. The summed E-state index contributed by atoms with van der Waals surface area (Å²) in [4.78, 5) is 25.9. The molecule has 1 aromatic rings. The van der Waals surface area contributed by atoms with Crippen LogP contribution in [0.5, 0.6) is 0 Å². The monoisotopic (exact) mass is 275 g/mol. The SMILES string of the molecule is COC(=O)[C@H](C)N(Cc1ccccc1)C(=O)[C@@H]1C[C@H]1C. The summed E-state index contributed by atoms with van der Waals surface area (Å²) < 4.78 is 4.77. The summed E-state index contributed by atoms with van der Waals surface area (Å²) in [5.74, 6) is 0.165. The quantitative estimate of drug-likeness (QED) is 0.774. The zero-order valence-corrected chi connectivity index (χ0v) is 12.2. The first-order valence-corrected chi connectivity index (χ1v) is 6.96. The molecule has 0 unspecified atom stereocenters. The van der Waals surface area contributed by atoms with E-state index in [9.17, 15) is 9.59 Å². The minimum absolute atomic E-state index is 0.0549. The number of rotatable bonds is 5. The first kappa shape index (κ1) is 14.6. The first-order chi connectivity index (χ1) is 9.54. The van der Waals surface area contributed by atoms with Crippen molar-refractivity contribution in [1.29, 1.82) is 0 Å². The molecule has 108 valence electrons. The Morgan fingerprint density at radius 3 is 2.45 bits per heavy atom. The van der Waals surface area contributed by atoms with Crippen molar-refractivity contribution in [3.63, 3.8) is 0 Å². The molecule has 1 fully saturated rings. The van der Waals surface area contributed by atoms with Crippen LogP contribution in [0.1, 0.15) is 25.8 Å². The van der Waals surface area contributed by atoms with Crippen molar-refractivity contribution in [3.05, 3.63) is 35.9 Å². The van der Waals surface area contributed by atoms with Gasteiger partial charge in [-0.2, -0.15) is 0 Å². The van der Waals surface area contributed by atoms with Gasteiger partial charge in [-0.25, -0.2) is 4.79 Å². The van der Waals surface area contributed by atoms with Crippen molar-refractivity contribution in [2.24, 2.45) is 11.8 Å². The molecular formula is C16H21NO3. The molecule has 0 heterocycles.